The van der Waals surface area contributed by atoms with Gasteiger partial charge in [-0.2, -0.15) is 0 Å². The van der Waals surface area contributed by atoms with Crippen LogP contribution in [-0.4, -0.2) is 10.9 Å². The average Bonchev–Trinajstić information content (AvgIpc) is 2.56. The highest BCUT2D eigenvalue weighted by Crippen LogP contribution is 2.38. The fourth-order valence-electron chi connectivity index (χ4n) is 1.65. The zero-order chi connectivity index (χ0) is 11.9. The smallest absolute Gasteiger partial charge is 0.344 e. The lowest BCUT2D eigenvalue weighted by Gasteiger charge is -2.01. The Labute approximate surface area is 91.5 Å². The molecule has 0 saturated heterocycles. The van der Waals surface area contributed by atoms with Gasteiger partial charge in [0.1, 0.15) is 11.3 Å². The number of carbonyl (C=O) groups excluding carboxylic acids is 1. The topological polar surface area (TPSA) is 69.4 Å². The molecule has 0 atom stereocenters. The minimum absolute atomic E-state index is 0.0976. The van der Waals surface area contributed by atoms with Crippen molar-refractivity contribution < 1.29 is 14.5 Å². The fourth-order valence-corrected chi connectivity index (χ4v) is 1.65. The highest BCUT2D eigenvalue weighted by Gasteiger charge is 2.34. The maximum atomic E-state index is 11.5. The Morgan fingerprint density at radius 3 is 2.62 bits per heavy atom. The van der Waals surface area contributed by atoms with E-state index in [4.69, 9.17) is 4.74 Å². The number of carbonyl (C=O) groups is 1. The average molecular weight is 219 g/mol. The molecule has 1 aromatic rings. The largest absolute Gasteiger partial charge is 0.422 e. The second kappa shape index (κ2) is 3.44. The molecule has 0 N–H and O–H groups in total. The van der Waals surface area contributed by atoms with Crippen molar-refractivity contribution in [3.05, 3.63) is 45.0 Å². The summed E-state index contributed by atoms with van der Waals surface area (Å²) in [6.45, 7) is 3.49. The monoisotopic (exact) mass is 219 g/mol. The lowest BCUT2D eigenvalue weighted by molar-refractivity contribution is -0.385. The summed E-state index contributed by atoms with van der Waals surface area (Å²) in [5, 5.41) is 10.9. The van der Waals surface area contributed by atoms with Crippen LogP contribution in [0.3, 0.4) is 0 Å². The third kappa shape index (κ3) is 1.37. The summed E-state index contributed by atoms with van der Waals surface area (Å²) in [4.78, 5) is 21.8. The van der Waals surface area contributed by atoms with Crippen LogP contribution in [0.15, 0.2) is 23.8 Å². The lowest BCUT2D eigenvalue weighted by Crippen LogP contribution is -1.96. The van der Waals surface area contributed by atoms with Crippen LogP contribution in [0.25, 0.3) is 5.76 Å². The van der Waals surface area contributed by atoms with Crippen molar-refractivity contribution in [1.29, 1.82) is 0 Å². The number of ether oxygens (including phenoxy) is 1. The van der Waals surface area contributed by atoms with Gasteiger partial charge >= 0.3 is 5.97 Å². The number of nitro benzene ring substituents is 1. The molecular formula is C11H9NO4. The summed E-state index contributed by atoms with van der Waals surface area (Å²) in [7, 11) is 0. The Hall–Kier alpha value is -2.17. The third-order valence-corrected chi connectivity index (χ3v) is 2.34. The molecule has 0 spiro atoms. The van der Waals surface area contributed by atoms with Crippen LogP contribution in [0.5, 0.6) is 0 Å². The second-order valence-electron chi connectivity index (χ2n) is 3.68. The molecule has 5 nitrogen and oxygen atoms in total. The molecule has 5 heteroatoms. The lowest BCUT2D eigenvalue weighted by atomic mass is 10.0. The Bertz CT molecular complexity index is 527. The maximum Gasteiger partial charge on any atom is 0.344 e. The van der Waals surface area contributed by atoms with Crippen LogP contribution in [0.2, 0.25) is 0 Å². The van der Waals surface area contributed by atoms with Crippen LogP contribution in [-0.2, 0) is 4.74 Å². The molecule has 1 heterocycles. The van der Waals surface area contributed by atoms with Crippen LogP contribution in [0, 0.1) is 10.1 Å². The first-order valence-electron chi connectivity index (χ1n) is 4.70. The predicted molar refractivity (Wildman–Crippen MR) is 56.8 cm³/mol. The maximum absolute atomic E-state index is 11.5. The quantitative estimate of drug-likeness (QED) is 0.413. The number of cyclic esters (lactones) is 1. The number of fused-ring (bicyclic) bond motifs is 1. The number of allylic oxidation sites excluding steroid dienone is 1. The first-order chi connectivity index (χ1) is 7.52. The summed E-state index contributed by atoms with van der Waals surface area (Å²) in [6.07, 6.45) is 0. The third-order valence-electron chi connectivity index (χ3n) is 2.34. The number of rotatable bonds is 1. The van der Waals surface area contributed by atoms with Gasteiger partial charge in [0.15, 0.2) is 0 Å². The molecule has 0 aliphatic carbocycles. The molecule has 0 fully saturated rings. The Morgan fingerprint density at radius 1 is 1.38 bits per heavy atom. The van der Waals surface area contributed by atoms with E-state index in [2.05, 4.69) is 0 Å². The van der Waals surface area contributed by atoms with E-state index in [1.165, 1.54) is 18.2 Å². The van der Waals surface area contributed by atoms with Gasteiger partial charge in [-0.15, -0.1) is 0 Å². The molecule has 0 radical (unpaired) electrons. The first-order valence-corrected chi connectivity index (χ1v) is 4.70. The summed E-state index contributed by atoms with van der Waals surface area (Å²) < 4.78 is 5.02. The minimum atomic E-state index is -0.532. The van der Waals surface area contributed by atoms with E-state index >= 15 is 0 Å². The normalized spacial score (nSPS) is 13.4. The number of esters is 1. The molecule has 0 unspecified atom stereocenters. The number of benzene rings is 1. The highest BCUT2D eigenvalue weighted by atomic mass is 16.6. The molecule has 16 heavy (non-hydrogen) atoms. The molecule has 0 aromatic heterocycles. The molecule has 1 aromatic carbocycles. The molecule has 1 aliphatic rings. The van der Waals surface area contributed by atoms with Gasteiger partial charge in [-0.05, 0) is 25.5 Å². The van der Waals surface area contributed by atoms with Crippen LogP contribution in [0.1, 0.15) is 29.8 Å². The molecule has 82 valence electrons. The highest BCUT2D eigenvalue weighted by molar-refractivity contribution is 6.05. The molecule has 0 amide bonds. The molecule has 2 rings (SSSR count). The standard InChI is InChI=1S/C11H9NO4/c1-6(2)10-9-7(11(13)16-10)4-3-5-8(9)12(14)15/h3-5H,1-2H3. The van der Waals surface area contributed by atoms with Crippen LogP contribution in [0.4, 0.5) is 5.69 Å². The van der Waals surface area contributed by atoms with E-state index in [-0.39, 0.29) is 16.8 Å². The van der Waals surface area contributed by atoms with Gasteiger partial charge in [-0.1, -0.05) is 6.07 Å². The van der Waals surface area contributed by atoms with Gasteiger partial charge in [-0.3, -0.25) is 10.1 Å². The summed E-state index contributed by atoms with van der Waals surface area (Å²) in [5.41, 5.74) is 1.18. The first kappa shape index (κ1) is 10.4. The second-order valence-corrected chi connectivity index (χ2v) is 3.68. The van der Waals surface area contributed by atoms with Crippen molar-refractivity contribution in [3.8, 4) is 0 Å². The number of hydrogen-bond acceptors (Lipinski definition) is 4. The number of nitro groups is 1. The van der Waals surface area contributed by atoms with Crippen LogP contribution < -0.4 is 0 Å². The zero-order valence-corrected chi connectivity index (χ0v) is 8.81. The van der Waals surface area contributed by atoms with E-state index in [0.29, 0.717) is 5.76 Å². The van der Waals surface area contributed by atoms with Crippen molar-refractivity contribution in [1.82, 2.24) is 0 Å². The minimum Gasteiger partial charge on any atom is -0.422 e. The van der Waals surface area contributed by atoms with E-state index in [1.807, 2.05) is 0 Å². The Morgan fingerprint density at radius 2 is 2.06 bits per heavy atom. The van der Waals surface area contributed by atoms with Crippen molar-refractivity contribution >= 4 is 17.4 Å². The molecule has 0 saturated carbocycles. The van der Waals surface area contributed by atoms with Crippen molar-refractivity contribution in [2.24, 2.45) is 0 Å². The van der Waals surface area contributed by atoms with E-state index in [1.54, 1.807) is 13.8 Å². The van der Waals surface area contributed by atoms with Gasteiger partial charge in [0.05, 0.1) is 10.5 Å². The van der Waals surface area contributed by atoms with Gasteiger partial charge < -0.3 is 4.74 Å². The van der Waals surface area contributed by atoms with Gasteiger partial charge in [0, 0.05) is 6.07 Å². The molecule has 1 aliphatic heterocycles. The summed E-state index contributed by atoms with van der Waals surface area (Å²) >= 11 is 0. The predicted octanol–water partition coefficient (Wildman–Crippen LogP) is 2.52. The zero-order valence-electron chi connectivity index (χ0n) is 8.81. The summed E-state index contributed by atoms with van der Waals surface area (Å²) in [6, 6.07) is 4.37. The van der Waals surface area contributed by atoms with Crippen molar-refractivity contribution in [2.75, 3.05) is 0 Å². The number of nitrogens with zero attached hydrogens (tertiary/aromatic N) is 1. The van der Waals surface area contributed by atoms with Gasteiger partial charge in [0.25, 0.3) is 5.69 Å². The Kier molecular flexibility index (Phi) is 2.23. The van der Waals surface area contributed by atoms with Crippen molar-refractivity contribution in [2.45, 2.75) is 13.8 Å². The Balaban J connectivity index is 2.79. The van der Waals surface area contributed by atoms with Crippen LogP contribution >= 0.6 is 0 Å². The van der Waals surface area contributed by atoms with E-state index < -0.39 is 10.9 Å². The molecule has 0 bridgehead atoms. The SMILES string of the molecule is CC(C)=C1OC(=O)c2cccc([N+](=O)[O-])c21. The fraction of sp³-hybridized carbons (Fsp3) is 0.182. The van der Waals surface area contributed by atoms with Crippen molar-refractivity contribution in [3.63, 3.8) is 0 Å². The number of hydrogen-bond donors (Lipinski definition) is 0. The van der Waals surface area contributed by atoms with Gasteiger partial charge in [-0.25, -0.2) is 4.79 Å². The summed E-state index contributed by atoms with van der Waals surface area (Å²) in [5.74, 6) is -0.234. The van der Waals surface area contributed by atoms with E-state index in [0.717, 1.165) is 5.57 Å². The van der Waals surface area contributed by atoms with E-state index in [9.17, 15) is 14.9 Å². The van der Waals surface area contributed by atoms with Gasteiger partial charge in [0.2, 0.25) is 0 Å². The molecular weight excluding hydrogens is 210 g/mol.